The predicted molar refractivity (Wildman–Crippen MR) is 71.2 cm³/mol. The molecule has 0 aliphatic carbocycles. The van der Waals surface area contributed by atoms with Crippen LogP contribution in [0.15, 0.2) is 36.5 Å². The van der Waals surface area contributed by atoms with Crippen LogP contribution in [0.5, 0.6) is 0 Å². The quantitative estimate of drug-likeness (QED) is 0.626. The zero-order chi connectivity index (χ0) is 14.0. The highest BCUT2D eigenvalue weighted by atomic mass is 19.1. The van der Waals surface area contributed by atoms with Gasteiger partial charge in [-0.1, -0.05) is 0 Å². The number of rotatable bonds is 3. The van der Waals surface area contributed by atoms with Crippen molar-refractivity contribution in [2.75, 3.05) is 0 Å². The number of aryl methyl sites for hydroxylation is 1. The molecule has 1 aromatic heterocycles. The summed E-state index contributed by atoms with van der Waals surface area (Å²) in [4.78, 5) is 9.86. The average Bonchev–Trinajstić information content (AvgIpc) is 2.63. The van der Waals surface area contributed by atoms with Crippen LogP contribution in [0.4, 0.5) is 4.39 Å². The third-order valence-electron chi connectivity index (χ3n) is 2.93. The van der Waals surface area contributed by atoms with Crippen LogP contribution in [0.25, 0.3) is 11.8 Å². The second kappa shape index (κ2) is 5.06. The lowest BCUT2D eigenvalue weighted by atomic mass is 10.2. The van der Waals surface area contributed by atoms with Crippen molar-refractivity contribution in [1.82, 2.24) is 4.57 Å². The molecular formula is C14H13FN2O2. The lowest BCUT2D eigenvalue weighted by molar-refractivity contribution is -0.400. The van der Waals surface area contributed by atoms with Gasteiger partial charge in [0.25, 0.3) is 0 Å². The van der Waals surface area contributed by atoms with Crippen molar-refractivity contribution in [3.8, 4) is 5.69 Å². The van der Waals surface area contributed by atoms with Crippen molar-refractivity contribution in [3.63, 3.8) is 0 Å². The number of nitro groups is 1. The van der Waals surface area contributed by atoms with Crippen LogP contribution in [0.1, 0.15) is 17.0 Å². The van der Waals surface area contributed by atoms with E-state index in [4.69, 9.17) is 0 Å². The highest BCUT2D eigenvalue weighted by Crippen LogP contribution is 2.22. The normalized spacial score (nSPS) is 11.1. The van der Waals surface area contributed by atoms with Gasteiger partial charge in [0.2, 0.25) is 6.20 Å². The molecule has 1 heterocycles. The van der Waals surface area contributed by atoms with Gasteiger partial charge in [-0.2, -0.15) is 0 Å². The maximum atomic E-state index is 12.9. The molecule has 0 N–H and O–H groups in total. The fraction of sp³-hybridized carbons (Fsp3) is 0.143. The Balaban J connectivity index is 2.47. The van der Waals surface area contributed by atoms with Gasteiger partial charge in [-0.15, -0.1) is 0 Å². The minimum atomic E-state index is -0.496. The molecule has 19 heavy (non-hydrogen) atoms. The minimum Gasteiger partial charge on any atom is -0.318 e. The predicted octanol–water partition coefficient (Wildman–Crippen LogP) is 3.48. The van der Waals surface area contributed by atoms with Crippen molar-refractivity contribution in [3.05, 3.63) is 69.4 Å². The molecule has 0 spiro atoms. The Hall–Kier alpha value is -2.43. The van der Waals surface area contributed by atoms with Crippen LogP contribution in [0.2, 0.25) is 0 Å². The second-order valence-corrected chi connectivity index (χ2v) is 4.24. The summed E-state index contributed by atoms with van der Waals surface area (Å²) in [7, 11) is 0. The van der Waals surface area contributed by atoms with E-state index in [0.717, 1.165) is 28.8 Å². The summed E-state index contributed by atoms with van der Waals surface area (Å²) >= 11 is 0. The molecular weight excluding hydrogens is 247 g/mol. The summed E-state index contributed by atoms with van der Waals surface area (Å²) in [5, 5.41) is 10.4. The lowest BCUT2D eigenvalue weighted by Crippen LogP contribution is -1.99. The van der Waals surface area contributed by atoms with Gasteiger partial charge in [0.1, 0.15) is 5.82 Å². The zero-order valence-corrected chi connectivity index (χ0v) is 10.6. The van der Waals surface area contributed by atoms with Gasteiger partial charge in [0.05, 0.1) is 4.92 Å². The Morgan fingerprint density at radius 3 is 2.47 bits per heavy atom. The molecule has 0 unspecified atom stereocenters. The van der Waals surface area contributed by atoms with Gasteiger partial charge in [-0.05, 0) is 44.2 Å². The van der Waals surface area contributed by atoms with Gasteiger partial charge in [0, 0.05) is 28.7 Å². The summed E-state index contributed by atoms with van der Waals surface area (Å²) in [6.07, 6.45) is 2.37. The van der Waals surface area contributed by atoms with Crippen LogP contribution >= 0.6 is 0 Å². The molecule has 0 bridgehead atoms. The topological polar surface area (TPSA) is 48.1 Å². The van der Waals surface area contributed by atoms with Crippen LogP contribution in [0, 0.1) is 29.8 Å². The van der Waals surface area contributed by atoms with Crippen LogP contribution < -0.4 is 0 Å². The molecule has 0 radical (unpaired) electrons. The molecule has 1 aromatic carbocycles. The first-order chi connectivity index (χ1) is 8.99. The van der Waals surface area contributed by atoms with E-state index in [1.54, 1.807) is 12.1 Å². The highest BCUT2D eigenvalue weighted by molar-refractivity contribution is 5.55. The first-order valence-corrected chi connectivity index (χ1v) is 5.75. The summed E-state index contributed by atoms with van der Waals surface area (Å²) in [5.74, 6) is -0.292. The monoisotopic (exact) mass is 260 g/mol. The summed E-state index contributed by atoms with van der Waals surface area (Å²) in [6, 6.07) is 7.99. The zero-order valence-electron chi connectivity index (χ0n) is 10.6. The number of aromatic nitrogens is 1. The number of hydrogen-bond acceptors (Lipinski definition) is 2. The molecule has 0 saturated heterocycles. The number of benzene rings is 1. The van der Waals surface area contributed by atoms with Gasteiger partial charge in [0.15, 0.2) is 0 Å². The van der Waals surface area contributed by atoms with Crippen molar-refractivity contribution in [2.45, 2.75) is 13.8 Å². The van der Waals surface area contributed by atoms with E-state index in [1.807, 2.05) is 24.5 Å². The molecule has 0 aliphatic heterocycles. The first kappa shape index (κ1) is 13.0. The Bertz CT molecular complexity index is 642. The van der Waals surface area contributed by atoms with Gasteiger partial charge in [-0.3, -0.25) is 10.1 Å². The van der Waals surface area contributed by atoms with Crippen molar-refractivity contribution < 1.29 is 9.31 Å². The van der Waals surface area contributed by atoms with Gasteiger partial charge < -0.3 is 4.57 Å². The fourth-order valence-electron chi connectivity index (χ4n) is 2.08. The molecule has 0 atom stereocenters. The van der Waals surface area contributed by atoms with Crippen LogP contribution in [-0.4, -0.2) is 9.49 Å². The molecule has 5 heteroatoms. The Kier molecular flexibility index (Phi) is 3.46. The maximum absolute atomic E-state index is 12.9. The van der Waals surface area contributed by atoms with Crippen molar-refractivity contribution in [2.24, 2.45) is 0 Å². The van der Waals surface area contributed by atoms with Crippen LogP contribution in [-0.2, 0) is 0 Å². The molecule has 0 aliphatic rings. The molecule has 4 nitrogen and oxygen atoms in total. The number of hydrogen-bond donors (Lipinski definition) is 0. The van der Waals surface area contributed by atoms with E-state index < -0.39 is 4.92 Å². The lowest BCUT2D eigenvalue weighted by Gasteiger charge is -2.09. The van der Waals surface area contributed by atoms with Gasteiger partial charge in [-0.25, -0.2) is 4.39 Å². The number of halogens is 1. The SMILES string of the molecule is Cc1cc(/C=C/[N+](=O)[O-])c(C)n1-c1ccc(F)cc1. The smallest absolute Gasteiger partial charge is 0.235 e. The minimum absolute atomic E-state index is 0.292. The molecule has 2 rings (SSSR count). The van der Waals surface area contributed by atoms with Gasteiger partial charge >= 0.3 is 0 Å². The Morgan fingerprint density at radius 2 is 1.89 bits per heavy atom. The third-order valence-corrected chi connectivity index (χ3v) is 2.93. The Morgan fingerprint density at radius 1 is 1.26 bits per heavy atom. The summed E-state index contributed by atoms with van der Waals surface area (Å²) < 4.78 is 14.9. The molecule has 2 aromatic rings. The second-order valence-electron chi connectivity index (χ2n) is 4.24. The van der Waals surface area contributed by atoms with E-state index in [-0.39, 0.29) is 5.82 Å². The summed E-state index contributed by atoms with van der Waals surface area (Å²) in [5.41, 5.74) is 3.42. The van der Waals surface area contributed by atoms with E-state index >= 15 is 0 Å². The largest absolute Gasteiger partial charge is 0.318 e. The van der Waals surface area contributed by atoms with E-state index in [2.05, 4.69) is 0 Å². The Labute approximate surface area is 109 Å². The first-order valence-electron chi connectivity index (χ1n) is 5.75. The van der Waals surface area contributed by atoms with Crippen LogP contribution in [0.3, 0.4) is 0 Å². The number of nitrogens with zero attached hydrogens (tertiary/aromatic N) is 2. The van der Waals surface area contributed by atoms with E-state index in [9.17, 15) is 14.5 Å². The van der Waals surface area contributed by atoms with E-state index in [1.165, 1.54) is 18.2 Å². The molecule has 98 valence electrons. The fourth-order valence-corrected chi connectivity index (χ4v) is 2.08. The highest BCUT2D eigenvalue weighted by Gasteiger charge is 2.09. The molecule has 0 fully saturated rings. The van der Waals surface area contributed by atoms with E-state index in [0.29, 0.717) is 0 Å². The molecule has 0 saturated carbocycles. The third kappa shape index (κ3) is 2.70. The standard InChI is InChI=1S/C14H13FN2O2/c1-10-9-12(7-8-16(18)19)11(2)17(10)14-5-3-13(15)4-6-14/h3-9H,1-2H3/b8-7+. The molecule has 0 amide bonds. The van der Waals surface area contributed by atoms with Crippen molar-refractivity contribution in [1.29, 1.82) is 0 Å². The maximum Gasteiger partial charge on any atom is 0.235 e. The van der Waals surface area contributed by atoms with Crippen molar-refractivity contribution >= 4 is 6.08 Å². The summed E-state index contributed by atoms with van der Waals surface area (Å²) in [6.45, 7) is 3.77. The average molecular weight is 260 g/mol.